The van der Waals surface area contributed by atoms with Crippen molar-refractivity contribution in [2.45, 2.75) is 17.1 Å². The van der Waals surface area contributed by atoms with Crippen LogP contribution in [0.1, 0.15) is 6.92 Å². The van der Waals surface area contributed by atoms with Crippen molar-refractivity contribution in [2.75, 3.05) is 50.6 Å². The van der Waals surface area contributed by atoms with E-state index in [-0.39, 0.29) is 11.2 Å². The van der Waals surface area contributed by atoms with E-state index in [0.29, 0.717) is 0 Å². The maximum atomic E-state index is 12.5. The number of hydrogen-bond acceptors (Lipinski definition) is 5. The molecule has 27 heavy (non-hydrogen) atoms. The van der Waals surface area contributed by atoms with Gasteiger partial charge in [-0.2, -0.15) is 0 Å². The molecule has 5 nitrogen and oxygen atoms in total. The van der Waals surface area contributed by atoms with Gasteiger partial charge in [-0.25, -0.2) is 0 Å². The lowest BCUT2D eigenvalue weighted by atomic mass is 10.2. The average Bonchev–Trinajstić information content (AvgIpc) is 2.70. The van der Waals surface area contributed by atoms with Crippen LogP contribution in [0.15, 0.2) is 53.4 Å². The summed E-state index contributed by atoms with van der Waals surface area (Å²) in [5.41, 5.74) is 2.04. The number of amides is 1. The Morgan fingerprint density at radius 1 is 1.04 bits per heavy atom. The summed E-state index contributed by atoms with van der Waals surface area (Å²) < 4.78 is 5.16. The van der Waals surface area contributed by atoms with Gasteiger partial charge >= 0.3 is 0 Å². The number of rotatable bonds is 6. The van der Waals surface area contributed by atoms with Crippen molar-refractivity contribution in [3.05, 3.63) is 48.5 Å². The van der Waals surface area contributed by atoms with Crippen LogP contribution in [0, 0.1) is 0 Å². The highest BCUT2D eigenvalue weighted by Gasteiger charge is 2.16. The number of piperazine rings is 1. The number of hydrogen-bond donors (Lipinski definition) is 1. The van der Waals surface area contributed by atoms with Crippen LogP contribution in [0.2, 0.25) is 0 Å². The molecule has 1 fully saturated rings. The SMILES string of the molecule is COc1ccc(SC(C)C(=O)Nc2ccc(N3CCN(C)CC3)cc2)cc1. The predicted molar refractivity (Wildman–Crippen MR) is 113 cm³/mol. The molecule has 2 aromatic rings. The number of carbonyl (C=O) groups excluding carboxylic acids is 1. The minimum absolute atomic E-state index is 0.00293. The van der Waals surface area contributed by atoms with Crippen LogP contribution in [-0.4, -0.2) is 56.4 Å². The summed E-state index contributed by atoms with van der Waals surface area (Å²) in [5, 5.41) is 2.83. The van der Waals surface area contributed by atoms with Crippen molar-refractivity contribution >= 4 is 29.0 Å². The molecular formula is C21H27N3O2S. The Labute approximate surface area is 165 Å². The Morgan fingerprint density at radius 3 is 2.26 bits per heavy atom. The van der Waals surface area contributed by atoms with E-state index in [4.69, 9.17) is 4.74 Å². The molecule has 1 amide bonds. The fourth-order valence-electron chi connectivity index (χ4n) is 2.98. The van der Waals surface area contributed by atoms with Crippen LogP contribution in [0.3, 0.4) is 0 Å². The third-order valence-corrected chi connectivity index (χ3v) is 5.86. The molecule has 0 radical (unpaired) electrons. The van der Waals surface area contributed by atoms with Gasteiger partial charge in [0, 0.05) is 42.4 Å². The van der Waals surface area contributed by atoms with Gasteiger partial charge in [-0.15, -0.1) is 11.8 Å². The minimum Gasteiger partial charge on any atom is -0.497 e. The summed E-state index contributed by atoms with van der Waals surface area (Å²) in [4.78, 5) is 18.3. The largest absolute Gasteiger partial charge is 0.497 e. The van der Waals surface area contributed by atoms with Crippen LogP contribution < -0.4 is 15.0 Å². The summed E-state index contributed by atoms with van der Waals surface area (Å²) in [6.45, 7) is 6.16. The molecule has 1 saturated heterocycles. The number of thioether (sulfide) groups is 1. The molecule has 1 N–H and O–H groups in total. The fraction of sp³-hybridized carbons (Fsp3) is 0.381. The Bertz CT molecular complexity index is 741. The van der Waals surface area contributed by atoms with Gasteiger partial charge in [0.25, 0.3) is 0 Å². The van der Waals surface area contributed by atoms with Crippen LogP contribution in [-0.2, 0) is 4.79 Å². The van der Waals surface area contributed by atoms with Crippen molar-refractivity contribution in [3.63, 3.8) is 0 Å². The van der Waals surface area contributed by atoms with Gasteiger partial charge in [-0.1, -0.05) is 0 Å². The number of carbonyl (C=O) groups is 1. The first-order valence-corrected chi connectivity index (χ1v) is 10.1. The summed E-state index contributed by atoms with van der Waals surface area (Å²) in [6.07, 6.45) is 0. The number of likely N-dealkylation sites (N-methyl/N-ethyl adjacent to an activating group) is 1. The van der Waals surface area contributed by atoms with Crippen LogP contribution in [0.5, 0.6) is 5.75 Å². The first-order valence-electron chi connectivity index (χ1n) is 9.20. The molecule has 1 atom stereocenters. The molecule has 1 aliphatic heterocycles. The molecular weight excluding hydrogens is 358 g/mol. The van der Waals surface area contributed by atoms with Gasteiger partial charge in [0.1, 0.15) is 5.75 Å². The minimum atomic E-state index is -0.185. The van der Waals surface area contributed by atoms with E-state index in [1.54, 1.807) is 7.11 Å². The number of ether oxygens (including phenoxy) is 1. The second kappa shape index (κ2) is 9.15. The van der Waals surface area contributed by atoms with E-state index < -0.39 is 0 Å². The molecule has 0 spiro atoms. The van der Waals surface area contributed by atoms with Crippen molar-refractivity contribution in [1.82, 2.24) is 4.90 Å². The molecule has 2 aromatic carbocycles. The third kappa shape index (κ3) is 5.40. The lowest BCUT2D eigenvalue weighted by molar-refractivity contribution is -0.115. The summed E-state index contributed by atoms with van der Waals surface area (Å²) in [5.74, 6) is 0.820. The molecule has 144 valence electrons. The molecule has 1 unspecified atom stereocenters. The molecule has 0 aliphatic carbocycles. The third-order valence-electron chi connectivity index (χ3n) is 4.74. The van der Waals surface area contributed by atoms with Gasteiger partial charge in [-0.3, -0.25) is 4.79 Å². The average molecular weight is 386 g/mol. The van der Waals surface area contributed by atoms with E-state index in [1.807, 2.05) is 43.3 Å². The van der Waals surface area contributed by atoms with E-state index >= 15 is 0 Å². The molecule has 0 bridgehead atoms. The maximum absolute atomic E-state index is 12.5. The van der Waals surface area contributed by atoms with E-state index in [0.717, 1.165) is 42.5 Å². The van der Waals surface area contributed by atoms with Crippen molar-refractivity contribution in [1.29, 1.82) is 0 Å². The number of anilines is 2. The zero-order valence-corrected chi connectivity index (χ0v) is 17.0. The second-order valence-corrected chi connectivity index (χ2v) is 8.18. The summed E-state index contributed by atoms with van der Waals surface area (Å²) in [7, 11) is 3.80. The Balaban J connectivity index is 1.53. The van der Waals surface area contributed by atoms with Crippen molar-refractivity contribution in [3.8, 4) is 5.75 Å². The van der Waals surface area contributed by atoms with Crippen molar-refractivity contribution < 1.29 is 9.53 Å². The van der Waals surface area contributed by atoms with Gasteiger partial charge in [0.2, 0.25) is 5.91 Å². The maximum Gasteiger partial charge on any atom is 0.237 e. The standard InChI is InChI=1S/C21H27N3O2S/c1-16(27-20-10-8-19(26-3)9-11-20)21(25)22-17-4-6-18(7-5-17)24-14-12-23(2)13-15-24/h4-11,16H,12-15H2,1-3H3,(H,22,25). The highest BCUT2D eigenvalue weighted by atomic mass is 32.2. The van der Waals surface area contributed by atoms with Gasteiger partial charge < -0.3 is 19.9 Å². The molecule has 6 heteroatoms. The number of benzene rings is 2. The van der Waals surface area contributed by atoms with E-state index in [9.17, 15) is 4.79 Å². The van der Waals surface area contributed by atoms with Crippen LogP contribution >= 0.6 is 11.8 Å². The summed E-state index contributed by atoms with van der Waals surface area (Å²) >= 11 is 1.54. The van der Waals surface area contributed by atoms with Crippen LogP contribution in [0.25, 0.3) is 0 Å². The summed E-state index contributed by atoms with van der Waals surface area (Å²) in [6, 6.07) is 15.9. The molecule has 1 heterocycles. The zero-order valence-electron chi connectivity index (χ0n) is 16.1. The predicted octanol–water partition coefficient (Wildman–Crippen LogP) is 3.57. The Kier molecular flexibility index (Phi) is 6.63. The number of nitrogens with zero attached hydrogens (tertiary/aromatic N) is 2. The van der Waals surface area contributed by atoms with Crippen LogP contribution in [0.4, 0.5) is 11.4 Å². The Hall–Kier alpha value is -2.18. The molecule has 3 rings (SSSR count). The highest BCUT2D eigenvalue weighted by molar-refractivity contribution is 8.00. The first kappa shape index (κ1) is 19.6. The highest BCUT2D eigenvalue weighted by Crippen LogP contribution is 2.26. The van der Waals surface area contributed by atoms with E-state index in [2.05, 4.69) is 34.3 Å². The normalized spacial score (nSPS) is 16.0. The smallest absolute Gasteiger partial charge is 0.237 e. The molecule has 0 saturated carbocycles. The molecule has 0 aromatic heterocycles. The quantitative estimate of drug-likeness (QED) is 0.770. The molecule has 1 aliphatic rings. The monoisotopic (exact) mass is 385 g/mol. The van der Waals surface area contributed by atoms with E-state index in [1.165, 1.54) is 17.4 Å². The van der Waals surface area contributed by atoms with Crippen molar-refractivity contribution in [2.24, 2.45) is 0 Å². The number of nitrogens with one attached hydrogen (secondary N) is 1. The first-order chi connectivity index (χ1) is 13.0. The second-order valence-electron chi connectivity index (χ2n) is 6.76. The zero-order chi connectivity index (χ0) is 19.2. The topological polar surface area (TPSA) is 44.8 Å². The lowest BCUT2D eigenvalue weighted by Crippen LogP contribution is -2.44. The van der Waals surface area contributed by atoms with Gasteiger partial charge in [-0.05, 0) is 62.5 Å². The fourth-order valence-corrected chi connectivity index (χ4v) is 3.84. The van der Waals surface area contributed by atoms with Gasteiger partial charge in [0.05, 0.1) is 12.4 Å². The lowest BCUT2D eigenvalue weighted by Gasteiger charge is -2.34. The number of methoxy groups -OCH3 is 1. The Morgan fingerprint density at radius 2 is 1.67 bits per heavy atom. The van der Waals surface area contributed by atoms with Gasteiger partial charge in [0.15, 0.2) is 0 Å².